The highest BCUT2D eigenvalue weighted by Crippen LogP contribution is 2.27. The molecule has 17 heavy (non-hydrogen) atoms. The van der Waals surface area contributed by atoms with Crippen molar-refractivity contribution in [3.05, 3.63) is 34.9 Å². The molecular formula is C14H19NO2. The lowest BCUT2D eigenvalue weighted by Crippen LogP contribution is -2.21. The zero-order valence-corrected chi connectivity index (χ0v) is 10.4. The Morgan fingerprint density at radius 3 is 2.76 bits per heavy atom. The van der Waals surface area contributed by atoms with Crippen LogP contribution in [0.5, 0.6) is 0 Å². The van der Waals surface area contributed by atoms with Gasteiger partial charge in [-0.05, 0) is 23.1 Å². The van der Waals surface area contributed by atoms with Crippen LogP contribution in [0.15, 0.2) is 18.2 Å². The summed E-state index contributed by atoms with van der Waals surface area (Å²) in [4.78, 5) is 13.1. The largest absolute Gasteiger partial charge is 0.388 e. The molecule has 1 atom stereocenters. The van der Waals surface area contributed by atoms with Crippen LogP contribution in [0.25, 0.3) is 0 Å². The van der Waals surface area contributed by atoms with Crippen LogP contribution in [-0.2, 0) is 17.9 Å². The van der Waals surface area contributed by atoms with E-state index in [1.54, 1.807) is 6.92 Å². The first-order valence-corrected chi connectivity index (χ1v) is 6.17. The summed E-state index contributed by atoms with van der Waals surface area (Å²) in [5, 5.41) is 9.95. The van der Waals surface area contributed by atoms with Crippen molar-refractivity contribution in [1.82, 2.24) is 4.90 Å². The molecule has 1 N–H and O–H groups in total. The maximum absolute atomic E-state index is 11.3. The van der Waals surface area contributed by atoms with Crippen molar-refractivity contribution in [2.75, 3.05) is 0 Å². The summed E-state index contributed by atoms with van der Waals surface area (Å²) >= 11 is 0. The van der Waals surface area contributed by atoms with Crippen LogP contribution in [0, 0.1) is 0 Å². The van der Waals surface area contributed by atoms with Crippen molar-refractivity contribution in [3.8, 4) is 0 Å². The second-order valence-corrected chi connectivity index (χ2v) is 4.71. The molecule has 1 aliphatic rings. The van der Waals surface area contributed by atoms with Gasteiger partial charge in [-0.15, -0.1) is 0 Å². The molecule has 1 heterocycles. The fourth-order valence-electron chi connectivity index (χ4n) is 2.28. The van der Waals surface area contributed by atoms with E-state index in [1.807, 2.05) is 23.1 Å². The Morgan fingerprint density at radius 2 is 2.12 bits per heavy atom. The van der Waals surface area contributed by atoms with E-state index < -0.39 is 0 Å². The van der Waals surface area contributed by atoms with Crippen LogP contribution < -0.4 is 0 Å². The summed E-state index contributed by atoms with van der Waals surface area (Å²) < 4.78 is 0. The number of hydrogen-bond donors (Lipinski definition) is 1. The van der Waals surface area contributed by atoms with Crippen molar-refractivity contribution < 1.29 is 9.90 Å². The van der Waals surface area contributed by atoms with E-state index in [0.29, 0.717) is 13.1 Å². The predicted octanol–water partition coefficient (Wildman–Crippen LogP) is 2.38. The second kappa shape index (κ2) is 4.88. The standard InChI is InChI=1S/C14H19NO2/c1-3-4-14(17)11-5-6-12-8-15(10(2)16)9-13(12)7-11/h5-7,14,17H,3-4,8-9H2,1-2H3. The topological polar surface area (TPSA) is 40.5 Å². The first-order chi connectivity index (χ1) is 8.11. The van der Waals surface area contributed by atoms with E-state index >= 15 is 0 Å². The van der Waals surface area contributed by atoms with E-state index in [2.05, 4.69) is 6.92 Å². The minimum absolute atomic E-state index is 0.108. The van der Waals surface area contributed by atoms with Gasteiger partial charge < -0.3 is 10.0 Å². The maximum Gasteiger partial charge on any atom is 0.220 e. The van der Waals surface area contributed by atoms with Crippen molar-refractivity contribution in [1.29, 1.82) is 0 Å². The van der Waals surface area contributed by atoms with Crippen molar-refractivity contribution in [2.24, 2.45) is 0 Å². The van der Waals surface area contributed by atoms with E-state index in [1.165, 1.54) is 11.1 Å². The third-order valence-electron chi connectivity index (χ3n) is 3.34. The van der Waals surface area contributed by atoms with E-state index in [0.717, 1.165) is 18.4 Å². The number of carbonyl (C=O) groups is 1. The van der Waals surface area contributed by atoms with Gasteiger partial charge in [0.15, 0.2) is 0 Å². The molecule has 0 spiro atoms. The van der Waals surface area contributed by atoms with Gasteiger partial charge >= 0.3 is 0 Å². The predicted molar refractivity (Wildman–Crippen MR) is 66.2 cm³/mol. The van der Waals surface area contributed by atoms with Crippen LogP contribution in [0.4, 0.5) is 0 Å². The van der Waals surface area contributed by atoms with Gasteiger partial charge in [0.2, 0.25) is 5.91 Å². The number of nitrogens with zero attached hydrogens (tertiary/aromatic N) is 1. The zero-order chi connectivity index (χ0) is 12.4. The third-order valence-corrected chi connectivity index (χ3v) is 3.34. The lowest BCUT2D eigenvalue weighted by molar-refractivity contribution is -0.129. The minimum Gasteiger partial charge on any atom is -0.388 e. The lowest BCUT2D eigenvalue weighted by atomic mass is 10.0. The van der Waals surface area contributed by atoms with Gasteiger partial charge in [0, 0.05) is 20.0 Å². The molecule has 2 rings (SSSR count). The Labute approximate surface area is 102 Å². The normalized spacial score (nSPS) is 15.8. The molecule has 1 aliphatic heterocycles. The van der Waals surface area contributed by atoms with Crippen molar-refractivity contribution in [2.45, 2.75) is 45.9 Å². The van der Waals surface area contributed by atoms with Gasteiger partial charge in [-0.25, -0.2) is 0 Å². The van der Waals surface area contributed by atoms with Gasteiger partial charge in [0.05, 0.1) is 6.10 Å². The molecule has 0 bridgehead atoms. The van der Waals surface area contributed by atoms with Gasteiger partial charge in [0.1, 0.15) is 0 Å². The summed E-state index contributed by atoms with van der Waals surface area (Å²) in [6.45, 7) is 5.04. The van der Waals surface area contributed by atoms with Gasteiger partial charge in [-0.2, -0.15) is 0 Å². The summed E-state index contributed by atoms with van der Waals surface area (Å²) in [6.07, 6.45) is 1.38. The summed E-state index contributed by atoms with van der Waals surface area (Å²) in [6, 6.07) is 6.05. The average Bonchev–Trinajstić information content (AvgIpc) is 2.71. The molecule has 92 valence electrons. The van der Waals surface area contributed by atoms with E-state index in [4.69, 9.17) is 0 Å². The van der Waals surface area contributed by atoms with Crippen molar-refractivity contribution in [3.63, 3.8) is 0 Å². The first-order valence-electron chi connectivity index (χ1n) is 6.17. The number of fused-ring (bicyclic) bond motifs is 1. The smallest absolute Gasteiger partial charge is 0.220 e. The second-order valence-electron chi connectivity index (χ2n) is 4.71. The Morgan fingerprint density at radius 1 is 1.41 bits per heavy atom. The zero-order valence-electron chi connectivity index (χ0n) is 10.4. The molecule has 3 nitrogen and oxygen atoms in total. The molecule has 1 aromatic rings. The molecule has 0 aliphatic carbocycles. The van der Waals surface area contributed by atoms with Crippen LogP contribution in [-0.4, -0.2) is 15.9 Å². The highest BCUT2D eigenvalue weighted by Gasteiger charge is 2.21. The molecule has 1 aromatic carbocycles. The monoisotopic (exact) mass is 233 g/mol. The molecule has 0 radical (unpaired) electrons. The Bertz CT molecular complexity index is 428. The van der Waals surface area contributed by atoms with Crippen LogP contribution in [0.3, 0.4) is 0 Å². The number of amides is 1. The Hall–Kier alpha value is -1.35. The summed E-state index contributed by atoms with van der Waals surface area (Å²) in [5.74, 6) is 0.108. The molecule has 0 aromatic heterocycles. The lowest BCUT2D eigenvalue weighted by Gasteiger charge is -2.11. The molecule has 1 unspecified atom stereocenters. The number of rotatable bonds is 3. The van der Waals surface area contributed by atoms with Gasteiger partial charge in [-0.1, -0.05) is 31.5 Å². The van der Waals surface area contributed by atoms with E-state index in [-0.39, 0.29) is 12.0 Å². The molecule has 1 amide bonds. The molecule has 0 fully saturated rings. The minimum atomic E-state index is -0.378. The van der Waals surface area contributed by atoms with Crippen LogP contribution in [0.1, 0.15) is 49.5 Å². The van der Waals surface area contributed by atoms with Crippen LogP contribution in [0.2, 0.25) is 0 Å². The number of carbonyl (C=O) groups excluding carboxylic acids is 1. The highest BCUT2D eigenvalue weighted by atomic mass is 16.3. The fraction of sp³-hybridized carbons (Fsp3) is 0.500. The van der Waals surface area contributed by atoms with Gasteiger partial charge in [0.25, 0.3) is 0 Å². The van der Waals surface area contributed by atoms with Gasteiger partial charge in [-0.3, -0.25) is 4.79 Å². The molecular weight excluding hydrogens is 214 g/mol. The molecule has 0 saturated heterocycles. The summed E-state index contributed by atoms with van der Waals surface area (Å²) in [5.41, 5.74) is 3.34. The number of aliphatic hydroxyl groups is 1. The highest BCUT2D eigenvalue weighted by molar-refractivity contribution is 5.74. The summed E-state index contributed by atoms with van der Waals surface area (Å²) in [7, 11) is 0. The third kappa shape index (κ3) is 2.50. The quantitative estimate of drug-likeness (QED) is 0.870. The molecule has 0 saturated carbocycles. The fourth-order valence-corrected chi connectivity index (χ4v) is 2.28. The Kier molecular flexibility index (Phi) is 3.48. The van der Waals surface area contributed by atoms with Crippen LogP contribution >= 0.6 is 0 Å². The maximum atomic E-state index is 11.3. The number of benzene rings is 1. The number of aliphatic hydroxyl groups excluding tert-OH is 1. The number of hydrogen-bond acceptors (Lipinski definition) is 2. The Balaban J connectivity index is 2.17. The average molecular weight is 233 g/mol. The SMILES string of the molecule is CCCC(O)c1ccc2c(c1)CN(C(C)=O)C2. The molecule has 3 heteroatoms. The first kappa shape index (κ1) is 12.1. The van der Waals surface area contributed by atoms with E-state index in [9.17, 15) is 9.90 Å². The van der Waals surface area contributed by atoms with Crippen molar-refractivity contribution >= 4 is 5.91 Å².